The summed E-state index contributed by atoms with van der Waals surface area (Å²) in [5.74, 6) is -0.282. The first kappa shape index (κ1) is 10.8. The van der Waals surface area contributed by atoms with Crippen LogP contribution >= 0.6 is 11.6 Å². The van der Waals surface area contributed by atoms with Gasteiger partial charge in [0.2, 0.25) is 5.28 Å². The average Bonchev–Trinajstić information content (AvgIpc) is 2.15. The largest absolute Gasteiger partial charge is 0.306 e. The number of nitrogens with zero attached hydrogens (tertiary/aromatic N) is 2. The van der Waals surface area contributed by atoms with Crippen molar-refractivity contribution in [3.63, 3.8) is 0 Å². The van der Waals surface area contributed by atoms with Gasteiger partial charge in [0.15, 0.2) is 5.78 Å². The second-order valence-electron chi connectivity index (χ2n) is 3.41. The van der Waals surface area contributed by atoms with Crippen molar-refractivity contribution in [1.82, 2.24) is 15.0 Å². The molecule has 0 saturated carbocycles. The molecule has 0 aliphatic carbocycles. The van der Waals surface area contributed by atoms with Crippen molar-refractivity contribution in [2.24, 2.45) is 0 Å². The van der Waals surface area contributed by atoms with Gasteiger partial charge in [-0.25, -0.2) is 4.98 Å². The number of Topliss-reactive ketones (excluding diaryl/α,β-unsaturated/α-hetero) is 1. The highest BCUT2D eigenvalue weighted by Gasteiger charge is 2.13. The minimum atomic E-state index is -0.452. The van der Waals surface area contributed by atoms with Crippen molar-refractivity contribution < 1.29 is 4.79 Å². The maximum atomic E-state index is 11.6. The van der Waals surface area contributed by atoms with E-state index in [1.54, 1.807) is 6.92 Å². The van der Waals surface area contributed by atoms with Gasteiger partial charge in [0, 0.05) is 11.6 Å². The highest BCUT2D eigenvalue weighted by molar-refractivity contribution is 6.28. The van der Waals surface area contributed by atoms with Gasteiger partial charge in [-0.05, 0) is 31.0 Å². The van der Waals surface area contributed by atoms with Gasteiger partial charge in [-0.2, -0.15) is 4.98 Å². The molecule has 0 saturated heterocycles. The minimum Gasteiger partial charge on any atom is -0.306 e. The van der Waals surface area contributed by atoms with Crippen molar-refractivity contribution in [2.75, 3.05) is 0 Å². The van der Waals surface area contributed by atoms with Gasteiger partial charge in [-0.1, -0.05) is 0 Å². The lowest BCUT2D eigenvalue weighted by molar-refractivity contribution is 0.101. The van der Waals surface area contributed by atoms with Crippen molar-refractivity contribution >= 4 is 28.4 Å². The third kappa shape index (κ3) is 1.59. The molecule has 0 unspecified atom stereocenters. The lowest BCUT2D eigenvalue weighted by Crippen LogP contribution is -2.18. The normalized spacial score (nSPS) is 10.7. The summed E-state index contributed by atoms with van der Waals surface area (Å²) in [6.07, 6.45) is 1.49. The molecule has 2 aromatic heterocycles. The molecule has 0 radical (unpaired) electrons. The van der Waals surface area contributed by atoms with Gasteiger partial charge in [-0.3, -0.25) is 9.59 Å². The summed E-state index contributed by atoms with van der Waals surface area (Å²) >= 11 is 5.61. The van der Waals surface area contributed by atoms with Crippen LogP contribution < -0.4 is 5.56 Å². The summed E-state index contributed by atoms with van der Waals surface area (Å²) < 4.78 is 0. The number of rotatable bonds is 1. The second-order valence-corrected chi connectivity index (χ2v) is 3.75. The summed E-state index contributed by atoms with van der Waals surface area (Å²) in [5.41, 5.74) is 0.598. The fourth-order valence-corrected chi connectivity index (χ4v) is 1.76. The standard InChI is InChI=1S/C10H8ClN3O2/c1-4-6-3-12-10(11)14-8(6)13-9(16)7(4)5(2)15/h3H,1-2H3,(H,12,13,14,16). The number of halogens is 1. The predicted octanol–water partition coefficient (Wildman–Crippen LogP) is 1.48. The van der Waals surface area contributed by atoms with Crippen molar-refractivity contribution in [1.29, 1.82) is 0 Å². The van der Waals surface area contributed by atoms with Gasteiger partial charge in [0.05, 0.1) is 5.56 Å². The van der Waals surface area contributed by atoms with E-state index in [9.17, 15) is 9.59 Å². The van der Waals surface area contributed by atoms with Crippen LogP contribution in [0.1, 0.15) is 22.8 Å². The number of nitrogens with one attached hydrogen (secondary N) is 1. The Kier molecular flexibility index (Phi) is 2.47. The summed E-state index contributed by atoms with van der Waals surface area (Å²) in [6, 6.07) is 0. The molecule has 82 valence electrons. The lowest BCUT2D eigenvalue weighted by Gasteiger charge is -2.04. The zero-order chi connectivity index (χ0) is 11.9. The van der Waals surface area contributed by atoms with E-state index in [2.05, 4.69) is 15.0 Å². The Morgan fingerprint density at radius 1 is 1.50 bits per heavy atom. The summed E-state index contributed by atoms with van der Waals surface area (Å²) in [5, 5.41) is 0.673. The number of aryl methyl sites for hydroxylation is 1. The fraction of sp³-hybridized carbons (Fsp3) is 0.200. The molecule has 1 N–H and O–H groups in total. The van der Waals surface area contributed by atoms with Crippen LogP contribution in [0.3, 0.4) is 0 Å². The number of carbonyl (C=O) groups is 1. The van der Waals surface area contributed by atoms with Gasteiger partial charge in [0.25, 0.3) is 5.56 Å². The fourth-order valence-electron chi connectivity index (χ4n) is 1.63. The Morgan fingerprint density at radius 3 is 2.81 bits per heavy atom. The molecule has 0 atom stereocenters. The number of ketones is 1. The van der Waals surface area contributed by atoms with Gasteiger partial charge in [-0.15, -0.1) is 0 Å². The molecule has 0 amide bonds. The first-order chi connectivity index (χ1) is 7.50. The number of aromatic nitrogens is 3. The van der Waals surface area contributed by atoms with Gasteiger partial charge in [0.1, 0.15) is 5.65 Å². The molecule has 2 heterocycles. The van der Waals surface area contributed by atoms with E-state index >= 15 is 0 Å². The maximum absolute atomic E-state index is 11.6. The number of fused-ring (bicyclic) bond motifs is 1. The van der Waals surface area contributed by atoms with Gasteiger partial charge >= 0.3 is 0 Å². The molecule has 0 spiro atoms. The number of hydrogen-bond donors (Lipinski definition) is 1. The molecule has 6 heteroatoms. The molecule has 0 aliphatic heterocycles. The van der Waals surface area contributed by atoms with Crippen molar-refractivity contribution in [2.45, 2.75) is 13.8 Å². The third-order valence-corrected chi connectivity index (χ3v) is 2.53. The predicted molar refractivity (Wildman–Crippen MR) is 59.9 cm³/mol. The smallest absolute Gasteiger partial charge is 0.260 e. The Hall–Kier alpha value is -1.75. The molecular formula is C10H8ClN3O2. The van der Waals surface area contributed by atoms with Crippen molar-refractivity contribution in [3.8, 4) is 0 Å². The van der Waals surface area contributed by atoms with E-state index in [1.165, 1.54) is 13.1 Å². The summed E-state index contributed by atoms with van der Waals surface area (Å²) in [7, 11) is 0. The van der Waals surface area contributed by atoms with E-state index in [0.29, 0.717) is 16.6 Å². The Bertz CT molecular complexity index is 648. The van der Waals surface area contributed by atoms with Crippen LogP contribution in [0, 0.1) is 6.92 Å². The number of pyridine rings is 1. The Balaban J connectivity index is 2.94. The number of H-pyrrole nitrogens is 1. The molecule has 0 fully saturated rings. The van der Waals surface area contributed by atoms with Crippen LogP contribution in [-0.4, -0.2) is 20.7 Å². The van der Waals surface area contributed by atoms with Crippen LogP contribution in [0.25, 0.3) is 11.0 Å². The number of carbonyl (C=O) groups excluding carboxylic acids is 1. The van der Waals surface area contributed by atoms with Crippen LogP contribution in [-0.2, 0) is 0 Å². The topological polar surface area (TPSA) is 75.7 Å². The highest BCUT2D eigenvalue weighted by atomic mass is 35.5. The second kappa shape index (κ2) is 3.68. The monoisotopic (exact) mass is 237 g/mol. The maximum Gasteiger partial charge on any atom is 0.260 e. The van der Waals surface area contributed by atoms with Crippen molar-refractivity contribution in [3.05, 3.63) is 33.0 Å². The SMILES string of the molecule is CC(=O)c1c(C)c2cnc(Cl)nc2[nH]c1=O. The average molecular weight is 238 g/mol. The summed E-state index contributed by atoms with van der Waals surface area (Å²) in [4.78, 5) is 33.2. The number of aromatic amines is 1. The molecular weight excluding hydrogens is 230 g/mol. The van der Waals surface area contributed by atoms with E-state index < -0.39 is 5.56 Å². The first-order valence-corrected chi connectivity index (χ1v) is 4.94. The Labute approximate surface area is 95.5 Å². The molecule has 0 aliphatic rings. The zero-order valence-electron chi connectivity index (χ0n) is 8.67. The zero-order valence-corrected chi connectivity index (χ0v) is 9.42. The van der Waals surface area contributed by atoms with E-state index in [-0.39, 0.29) is 16.6 Å². The molecule has 5 nitrogen and oxygen atoms in total. The van der Waals surface area contributed by atoms with Crippen LogP contribution in [0.4, 0.5) is 0 Å². The minimum absolute atomic E-state index is 0.0538. The van der Waals surface area contributed by atoms with Crippen LogP contribution in [0.5, 0.6) is 0 Å². The van der Waals surface area contributed by atoms with Crippen LogP contribution in [0.15, 0.2) is 11.0 Å². The summed E-state index contributed by atoms with van der Waals surface area (Å²) in [6.45, 7) is 3.03. The Morgan fingerprint density at radius 2 is 2.19 bits per heavy atom. The molecule has 0 bridgehead atoms. The lowest BCUT2D eigenvalue weighted by atomic mass is 10.1. The highest BCUT2D eigenvalue weighted by Crippen LogP contribution is 2.16. The molecule has 2 rings (SSSR count). The van der Waals surface area contributed by atoms with E-state index in [4.69, 9.17) is 11.6 Å². The van der Waals surface area contributed by atoms with Crippen LogP contribution in [0.2, 0.25) is 5.28 Å². The molecule has 0 aromatic carbocycles. The van der Waals surface area contributed by atoms with Gasteiger partial charge < -0.3 is 4.98 Å². The van der Waals surface area contributed by atoms with E-state index in [0.717, 1.165) is 0 Å². The molecule has 16 heavy (non-hydrogen) atoms. The third-order valence-electron chi connectivity index (χ3n) is 2.35. The first-order valence-electron chi connectivity index (χ1n) is 4.56. The number of hydrogen-bond acceptors (Lipinski definition) is 4. The van der Waals surface area contributed by atoms with E-state index in [1.807, 2.05) is 0 Å². The molecule has 2 aromatic rings. The quantitative estimate of drug-likeness (QED) is 0.602.